The maximum absolute atomic E-state index is 5.70. The Morgan fingerprint density at radius 1 is 1.44 bits per heavy atom. The molecule has 100 valence electrons. The van der Waals surface area contributed by atoms with E-state index in [1.54, 1.807) is 0 Å². The van der Waals surface area contributed by atoms with E-state index in [0.717, 1.165) is 26.2 Å². The van der Waals surface area contributed by atoms with Crippen LogP contribution < -0.4 is 5.32 Å². The lowest BCUT2D eigenvalue weighted by Crippen LogP contribution is -2.59. The number of hydrogen-bond donors (Lipinski definition) is 1. The first kappa shape index (κ1) is 12.4. The van der Waals surface area contributed by atoms with Crippen LogP contribution in [-0.4, -0.2) is 48.8 Å². The molecule has 0 aliphatic carbocycles. The van der Waals surface area contributed by atoms with Crippen molar-refractivity contribution in [1.82, 2.24) is 10.2 Å². The molecular weight excluding hydrogens is 224 g/mol. The fourth-order valence-electron chi connectivity index (χ4n) is 3.57. The van der Waals surface area contributed by atoms with E-state index in [9.17, 15) is 0 Å². The fraction of sp³-hybridized carbons (Fsp3) is 0.800. The molecule has 4 aliphatic heterocycles. The standard InChI is InChI=1S/C15H24N2O/c1-4-11-7-16-15(2,3)6-12(11)8-17-9-13-5-14(10-17)18-13/h12-14,16H,1,5-10H2,2-3H3. The first-order chi connectivity index (χ1) is 8.55. The quantitative estimate of drug-likeness (QED) is 0.751. The van der Waals surface area contributed by atoms with Crippen molar-refractivity contribution >= 4 is 0 Å². The van der Waals surface area contributed by atoms with Gasteiger partial charge < -0.3 is 10.1 Å². The van der Waals surface area contributed by atoms with Crippen molar-refractivity contribution in [3.05, 3.63) is 17.9 Å². The Labute approximate surface area is 110 Å². The largest absolute Gasteiger partial charge is 0.372 e. The molecule has 0 saturated carbocycles. The average molecular weight is 248 g/mol. The lowest BCUT2D eigenvalue weighted by Gasteiger charge is -2.49. The van der Waals surface area contributed by atoms with Crippen LogP contribution in [0.4, 0.5) is 0 Å². The highest BCUT2D eigenvalue weighted by Crippen LogP contribution is 2.32. The highest BCUT2D eigenvalue weighted by atomic mass is 16.5. The Balaban J connectivity index is 1.64. The third kappa shape index (κ3) is 2.41. The summed E-state index contributed by atoms with van der Waals surface area (Å²) in [6, 6.07) is 0. The molecule has 0 amide bonds. The minimum atomic E-state index is 0.236. The molecule has 4 rings (SSSR count). The molecule has 0 spiro atoms. The first-order valence-corrected chi connectivity index (χ1v) is 7.07. The van der Waals surface area contributed by atoms with E-state index in [1.165, 1.54) is 18.4 Å². The number of piperidine rings is 2. The molecule has 0 radical (unpaired) electrons. The van der Waals surface area contributed by atoms with E-state index in [4.69, 9.17) is 4.74 Å². The first-order valence-electron chi connectivity index (χ1n) is 7.07. The highest BCUT2D eigenvalue weighted by molar-refractivity contribution is 5.14. The molecule has 3 heteroatoms. The normalized spacial score (nSPS) is 39.0. The molecule has 18 heavy (non-hydrogen) atoms. The monoisotopic (exact) mass is 248 g/mol. The van der Waals surface area contributed by atoms with Crippen molar-refractivity contribution in [2.75, 3.05) is 26.2 Å². The zero-order chi connectivity index (χ0) is 12.8. The maximum atomic E-state index is 5.70. The predicted octanol–water partition coefficient (Wildman–Crippen LogP) is 1.56. The van der Waals surface area contributed by atoms with Crippen molar-refractivity contribution in [2.24, 2.45) is 5.92 Å². The van der Waals surface area contributed by atoms with Gasteiger partial charge in [0.1, 0.15) is 0 Å². The minimum Gasteiger partial charge on any atom is -0.372 e. The summed E-state index contributed by atoms with van der Waals surface area (Å²) in [6.45, 7) is 12.8. The van der Waals surface area contributed by atoms with Gasteiger partial charge >= 0.3 is 0 Å². The summed E-state index contributed by atoms with van der Waals surface area (Å²) >= 11 is 0. The molecule has 1 N–H and O–H groups in total. The Morgan fingerprint density at radius 3 is 2.72 bits per heavy atom. The lowest BCUT2D eigenvalue weighted by molar-refractivity contribution is -0.182. The van der Waals surface area contributed by atoms with Gasteiger partial charge in [-0.25, -0.2) is 0 Å². The molecule has 3 atom stereocenters. The van der Waals surface area contributed by atoms with Gasteiger partial charge in [0, 0.05) is 44.1 Å². The number of fused-ring (bicyclic) bond motifs is 2. The molecule has 0 aromatic heterocycles. The zero-order valence-electron chi connectivity index (χ0n) is 11.5. The van der Waals surface area contributed by atoms with Crippen LogP contribution in [0.15, 0.2) is 17.9 Å². The van der Waals surface area contributed by atoms with Crippen LogP contribution in [0.25, 0.3) is 0 Å². The molecule has 3 unspecified atom stereocenters. The van der Waals surface area contributed by atoms with E-state index < -0.39 is 0 Å². The molecule has 4 heterocycles. The molecule has 0 aromatic carbocycles. The number of nitrogens with one attached hydrogen (secondary N) is 1. The van der Waals surface area contributed by atoms with Gasteiger partial charge in [-0.3, -0.25) is 4.90 Å². The summed E-state index contributed by atoms with van der Waals surface area (Å²) in [5.41, 5.74) is 4.74. The Morgan fingerprint density at radius 2 is 2.11 bits per heavy atom. The van der Waals surface area contributed by atoms with Crippen molar-refractivity contribution < 1.29 is 4.74 Å². The van der Waals surface area contributed by atoms with Crippen molar-refractivity contribution in [1.29, 1.82) is 0 Å². The average Bonchev–Trinajstić information content (AvgIpc) is 2.27. The summed E-state index contributed by atoms with van der Waals surface area (Å²) in [7, 11) is 0. The van der Waals surface area contributed by atoms with Crippen LogP contribution in [0.3, 0.4) is 0 Å². The maximum Gasteiger partial charge on any atom is 0.0731 e. The zero-order valence-corrected chi connectivity index (χ0v) is 11.5. The predicted molar refractivity (Wildman–Crippen MR) is 72.6 cm³/mol. The van der Waals surface area contributed by atoms with Gasteiger partial charge in [0.05, 0.1) is 12.2 Å². The van der Waals surface area contributed by atoms with Gasteiger partial charge in [0.25, 0.3) is 0 Å². The van der Waals surface area contributed by atoms with Crippen molar-refractivity contribution in [3.63, 3.8) is 0 Å². The smallest absolute Gasteiger partial charge is 0.0731 e. The van der Waals surface area contributed by atoms with Crippen LogP contribution >= 0.6 is 0 Å². The number of hydrogen-bond acceptors (Lipinski definition) is 3. The third-order valence-electron chi connectivity index (χ3n) is 4.55. The molecule has 4 aliphatic rings. The number of rotatable bonds is 2. The van der Waals surface area contributed by atoms with Crippen LogP contribution in [0.5, 0.6) is 0 Å². The minimum absolute atomic E-state index is 0.236. The lowest BCUT2D eigenvalue weighted by atomic mass is 9.81. The Kier molecular flexibility index (Phi) is 3.11. The summed E-state index contributed by atoms with van der Waals surface area (Å²) < 4.78 is 5.70. The van der Waals surface area contributed by atoms with Gasteiger partial charge in [-0.05, 0) is 25.8 Å². The van der Waals surface area contributed by atoms with Gasteiger partial charge in [-0.1, -0.05) is 6.58 Å². The second kappa shape index (κ2) is 4.50. The number of ether oxygens (including phenoxy) is 1. The van der Waals surface area contributed by atoms with E-state index in [1.807, 2.05) is 0 Å². The van der Waals surface area contributed by atoms with Gasteiger partial charge in [-0.15, -0.1) is 5.73 Å². The summed E-state index contributed by atoms with van der Waals surface area (Å²) in [5, 5.41) is 3.56. The third-order valence-corrected chi connectivity index (χ3v) is 4.55. The van der Waals surface area contributed by atoms with E-state index in [0.29, 0.717) is 18.1 Å². The number of nitrogens with zero attached hydrogens (tertiary/aromatic N) is 1. The van der Waals surface area contributed by atoms with Crippen LogP contribution in [0.2, 0.25) is 0 Å². The highest BCUT2D eigenvalue weighted by Gasteiger charge is 2.40. The van der Waals surface area contributed by atoms with Crippen LogP contribution in [0.1, 0.15) is 26.7 Å². The molecule has 2 bridgehead atoms. The van der Waals surface area contributed by atoms with Crippen molar-refractivity contribution in [3.8, 4) is 0 Å². The van der Waals surface area contributed by atoms with Crippen molar-refractivity contribution in [2.45, 2.75) is 44.4 Å². The van der Waals surface area contributed by atoms with Gasteiger partial charge in [0.15, 0.2) is 0 Å². The van der Waals surface area contributed by atoms with Crippen LogP contribution in [0, 0.1) is 5.92 Å². The molecule has 4 saturated heterocycles. The van der Waals surface area contributed by atoms with Gasteiger partial charge in [-0.2, -0.15) is 0 Å². The van der Waals surface area contributed by atoms with E-state index in [2.05, 4.69) is 36.4 Å². The summed E-state index contributed by atoms with van der Waals surface area (Å²) in [5.74, 6) is 0.608. The second-order valence-corrected chi connectivity index (χ2v) is 6.67. The SMILES string of the molecule is C=C=C1CNC(C)(C)CC1CN1CC2CC(C1)O2. The van der Waals surface area contributed by atoms with E-state index in [-0.39, 0.29) is 5.54 Å². The Bertz CT molecular complexity index is 368. The number of morpholine rings is 1. The van der Waals surface area contributed by atoms with Gasteiger partial charge in [0.2, 0.25) is 0 Å². The molecule has 3 nitrogen and oxygen atoms in total. The molecule has 4 fully saturated rings. The Hall–Kier alpha value is -0.600. The summed E-state index contributed by atoms with van der Waals surface area (Å²) in [4.78, 5) is 2.58. The summed E-state index contributed by atoms with van der Waals surface area (Å²) in [6.07, 6.45) is 3.47. The van der Waals surface area contributed by atoms with Crippen LogP contribution in [-0.2, 0) is 4.74 Å². The topological polar surface area (TPSA) is 24.5 Å². The molecule has 0 aromatic rings. The molecular formula is C15H24N2O. The van der Waals surface area contributed by atoms with E-state index >= 15 is 0 Å². The fourth-order valence-corrected chi connectivity index (χ4v) is 3.57. The second-order valence-electron chi connectivity index (χ2n) is 6.67.